The number of sulfonamides is 1. The molecule has 19 heavy (non-hydrogen) atoms. The van der Waals surface area contributed by atoms with Crippen molar-refractivity contribution in [3.05, 3.63) is 22.4 Å². The van der Waals surface area contributed by atoms with Gasteiger partial charge >= 0.3 is 0 Å². The van der Waals surface area contributed by atoms with E-state index < -0.39 is 10.0 Å². The fourth-order valence-electron chi connectivity index (χ4n) is 2.94. The molecule has 0 aliphatic carbocycles. The lowest BCUT2D eigenvalue weighted by Gasteiger charge is -2.19. The van der Waals surface area contributed by atoms with Crippen LogP contribution < -0.4 is 0 Å². The molecule has 2 saturated heterocycles. The second kappa shape index (κ2) is 4.57. The maximum atomic E-state index is 12.2. The van der Waals surface area contributed by atoms with Crippen LogP contribution in [0.1, 0.15) is 9.67 Å². The van der Waals surface area contributed by atoms with E-state index in [9.17, 15) is 13.2 Å². The van der Waals surface area contributed by atoms with Crippen molar-refractivity contribution < 1.29 is 13.2 Å². The SMILES string of the molecule is CS(=O)(=O)N1C[C@H]2CN(C(=O)c3cccs3)C[C@H]2C1. The summed E-state index contributed by atoms with van der Waals surface area (Å²) in [4.78, 5) is 14.8. The molecule has 3 heterocycles. The monoisotopic (exact) mass is 300 g/mol. The van der Waals surface area contributed by atoms with Gasteiger partial charge in [0.25, 0.3) is 5.91 Å². The lowest BCUT2D eigenvalue weighted by molar-refractivity contribution is 0.0783. The molecule has 7 heteroatoms. The van der Waals surface area contributed by atoms with Gasteiger partial charge in [0.15, 0.2) is 0 Å². The van der Waals surface area contributed by atoms with Gasteiger partial charge in [0, 0.05) is 26.2 Å². The highest BCUT2D eigenvalue weighted by atomic mass is 32.2. The van der Waals surface area contributed by atoms with E-state index in [4.69, 9.17) is 0 Å². The highest BCUT2D eigenvalue weighted by Crippen LogP contribution is 2.33. The molecule has 0 N–H and O–H groups in total. The van der Waals surface area contributed by atoms with Gasteiger partial charge in [0.05, 0.1) is 11.1 Å². The van der Waals surface area contributed by atoms with Crippen molar-refractivity contribution in [2.75, 3.05) is 32.4 Å². The number of amides is 1. The number of fused-ring (bicyclic) bond motifs is 1. The minimum Gasteiger partial charge on any atom is -0.337 e. The van der Waals surface area contributed by atoms with Gasteiger partial charge in [-0.3, -0.25) is 4.79 Å². The summed E-state index contributed by atoms with van der Waals surface area (Å²) in [5.74, 6) is 0.660. The molecular weight excluding hydrogens is 284 g/mol. The molecule has 1 aromatic heterocycles. The zero-order chi connectivity index (χ0) is 13.6. The predicted octanol–water partition coefficient (Wildman–Crippen LogP) is 0.712. The molecule has 2 aliphatic rings. The molecule has 2 aliphatic heterocycles. The molecular formula is C12H16N2O3S2. The van der Waals surface area contributed by atoms with Crippen LogP contribution in [0.2, 0.25) is 0 Å². The first-order valence-electron chi connectivity index (χ1n) is 6.23. The Morgan fingerprint density at radius 3 is 2.37 bits per heavy atom. The maximum absolute atomic E-state index is 12.2. The number of likely N-dealkylation sites (tertiary alicyclic amines) is 1. The van der Waals surface area contributed by atoms with Crippen molar-refractivity contribution >= 4 is 27.3 Å². The fourth-order valence-corrected chi connectivity index (χ4v) is 4.56. The first-order chi connectivity index (χ1) is 8.95. The average Bonchev–Trinajstić information content (AvgIpc) is 3.02. The number of hydrogen-bond donors (Lipinski definition) is 0. The Bertz CT molecular complexity index is 568. The predicted molar refractivity (Wildman–Crippen MR) is 73.6 cm³/mol. The summed E-state index contributed by atoms with van der Waals surface area (Å²) >= 11 is 1.45. The van der Waals surface area contributed by atoms with Gasteiger partial charge in [-0.25, -0.2) is 12.7 Å². The number of rotatable bonds is 2. The molecule has 0 spiro atoms. The van der Waals surface area contributed by atoms with Crippen LogP contribution >= 0.6 is 11.3 Å². The third kappa shape index (κ3) is 2.42. The van der Waals surface area contributed by atoms with E-state index >= 15 is 0 Å². The number of nitrogens with zero attached hydrogens (tertiary/aromatic N) is 2. The summed E-state index contributed by atoms with van der Waals surface area (Å²) in [6.07, 6.45) is 1.25. The molecule has 104 valence electrons. The second-order valence-corrected chi connectivity index (χ2v) is 8.22. The molecule has 3 rings (SSSR count). The summed E-state index contributed by atoms with van der Waals surface area (Å²) in [7, 11) is -3.09. The lowest BCUT2D eigenvalue weighted by Crippen LogP contribution is -2.34. The standard InChI is InChI=1S/C12H16N2O3S2/c1-19(16,17)14-7-9-5-13(6-10(9)8-14)12(15)11-3-2-4-18-11/h2-4,9-10H,5-8H2,1H3/t9-,10+. The highest BCUT2D eigenvalue weighted by molar-refractivity contribution is 7.88. The van der Waals surface area contributed by atoms with E-state index in [0.29, 0.717) is 38.0 Å². The van der Waals surface area contributed by atoms with Gasteiger partial charge in [0.2, 0.25) is 10.0 Å². The minimum absolute atomic E-state index is 0.0790. The Hall–Kier alpha value is -0.920. The summed E-state index contributed by atoms with van der Waals surface area (Å²) < 4.78 is 24.6. The Kier molecular flexibility index (Phi) is 3.15. The van der Waals surface area contributed by atoms with Crippen molar-refractivity contribution in [1.82, 2.24) is 9.21 Å². The largest absolute Gasteiger partial charge is 0.337 e. The molecule has 2 fully saturated rings. The van der Waals surface area contributed by atoms with Crippen LogP contribution in [0.5, 0.6) is 0 Å². The smallest absolute Gasteiger partial charge is 0.263 e. The number of hydrogen-bond acceptors (Lipinski definition) is 4. The first kappa shape index (κ1) is 13.1. The van der Waals surface area contributed by atoms with Crippen LogP contribution in [0.15, 0.2) is 17.5 Å². The summed E-state index contributed by atoms with van der Waals surface area (Å²) in [6.45, 7) is 2.45. The van der Waals surface area contributed by atoms with E-state index in [-0.39, 0.29) is 5.91 Å². The Morgan fingerprint density at radius 1 is 1.26 bits per heavy atom. The van der Waals surface area contributed by atoms with Crippen molar-refractivity contribution in [3.63, 3.8) is 0 Å². The molecule has 5 nitrogen and oxygen atoms in total. The second-order valence-electron chi connectivity index (χ2n) is 5.29. The Morgan fingerprint density at radius 2 is 1.89 bits per heavy atom. The zero-order valence-electron chi connectivity index (χ0n) is 10.7. The Labute approximate surface area is 116 Å². The van der Waals surface area contributed by atoms with Crippen molar-refractivity contribution in [3.8, 4) is 0 Å². The summed E-state index contributed by atoms with van der Waals surface area (Å²) in [5.41, 5.74) is 0. The maximum Gasteiger partial charge on any atom is 0.263 e. The molecule has 0 aromatic carbocycles. The first-order valence-corrected chi connectivity index (χ1v) is 8.96. The normalized spacial score (nSPS) is 27.7. The van der Waals surface area contributed by atoms with E-state index in [1.807, 2.05) is 22.4 Å². The summed E-state index contributed by atoms with van der Waals surface area (Å²) in [6, 6.07) is 3.71. The van der Waals surface area contributed by atoms with E-state index in [1.54, 1.807) is 0 Å². The van der Waals surface area contributed by atoms with Crippen LogP contribution in [-0.4, -0.2) is 56.0 Å². The van der Waals surface area contributed by atoms with Crippen molar-refractivity contribution in [2.45, 2.75) is 0 Å². The molecule has 1 aromatic rings. The average molecular weight is 300 g/mol. The van der Waals surface area contributed by atoms with Gasteiger partial charge in [-0.1, -0.05) is 6.07 Å². The quantitative estimate of drug-likeness (QED) is 0.808. The third-order valence-electron chi connectivity index (χ3n) is 3.94. The number of thiophene rings is 1. The van der Waals surface area contributed by atoms with Crippen LogP contribution in [-0.2, 0) is 10.0 Å². The van der Waals surface area contributed by atoms with Gasteiger partial charge in [0.1, 0.15) is 0 Å². The molecule has 1 amide bonds. The zero-order valence-corrected chi connectivity index (χ0v) is 12.3. The number of carbonyl (C=O) groups is 1. The van der Waals surface area contributed by atoms with Crippen LogP contribution in [0, 0.1) is 11.8 Å². The van der Waals surface area contributed by atoms with Gasteiger partial charge in [-0.15, -0.1) is 11.3 Å². The highest BCUT2D eigenvalue weighted by Gasteiger charge is 2.44. The van der Waals surface area contributed by atoms with Gasteiger partial charge in [-0.05, 0) is 23.3 Å². The topological polar surface area (TPSA) is 57.7 Å². The molecule has 0 saturated carbocycles. The lowest BCUT2D eigenvalue weighted by atomic mass is 10.0. The molecule has 0 unspecified atom stereocenters. The van der Waals surface area contributed by atoms with Crippen molar-refractivity contribution in [1.29, 1.82) is 0 Å². The Balaban J connectivity index is 1.67. The van der Waals surface area contributed by atoms with E-state index in [1.165, 1.54) is 21.9 Å². The van der Waals surface area contributed by atoms with Crippen molar-refractivity contribution in [2.24, 2.45) is 11.8 Å². The van der Waals surface area contributed by atoms with Crippen LogP contribution in [0.4, 0.5) is 0 Å². The molecule has 0 radical (unpaired) electrons. The van der Waals surface area contributed by atoms with Crippen LogP contribution in [0.3, 0.4) is 0 Å². The van der Waals surface area contributed by atoms with E-state index in [0.717, 1.165) is 4.88 Å². The summed E-state index contributed by atoms with van der Waals surface area (Å²) in [5, 5.41) is 1.90. The van der Waals surface area contributed by atoms with Crippen LogP contribution in [0.25, 0.3) is 0 Å². The third-order valence-corrected chi connectivity index (χ3v) is 6.03. The minimum atomic E-state index is -3.09. The van der Waals surface area contributed by atoms with Gasteiger partial charge < -0.3 is 4.90 Å². The van der Waals surface area contributed by atoms with E-state index in [2.05, 4.69) is 0 Å². The number of carbonyl (C=O) groups excluding carboxylic acids is 1. The molecule has 2 atom stereocenters. The molecule has 0 bridgehead atoms. The van der Waals surface area contributed by atoms with Gasteiger partial charge in [-0.2, -0.15) is 0 Å². The fraction of sp³-hybridized carbons (Fsp3) is 0.583.